The van der Waals surface area contributed by atoms with Gasteiger partial charge in [0.2, 0.25) is 0 Å². The zero-order valence-electron chi connectivity index (χ0n) is 13.3. The molecule has 3 aromatic rings. The maximum atomic E-state index is 12.6. The molecule has 1 aromatic carbocycles. The normalized spacial score (nSPS) is 12.2. The molecule has 2 aromatic heterocycles. The number of rotatable bonds is 4. The molecule has 6 nitrogen and oxygen atoms in total. The molecule has 10 heteroatoms. The number of fused-ring (bicyclic) bond motifs is 1. The van der Waals surface area contributed by atoms with Crippen molar-refractivity contribution in [1.29, 1.82) is 0 Å². The smallest absolute Gasteiger partial charge is 0.433 e. The van der Waals surface area contributed by atoms with Crippen LogP contribution < -0.4 is 9.46 Å². The van der Waals surface area contributed by atoms with Crippen LogP contribution in [0.25, 0.3) is 10.9 Å². The fourth-order valence-electron chi connectivity index (χ4n) is 2.32. The fourth-order valence-corrected chi connectivity index (χ4v) is 3.33. The first kappa shape index (κ1) is 17.9. The minimum Gasteiger partial charge on any atom is -0.496 e. The third kappa shape index (κ3) is 3.40. The molecular formula is C16H12F3N3O3S. The van der Waals surface area contributed by atoms with Gasteiger partial charge in [-0.15, -0.1) is 0 Å². The molecule has 0 spiro atoms. The topological polar surface area (TPSA) is 81.2 Å². The van der Waals surface area contributed by atoms with E-state index < -0.39 is 26.8 Å². The number of sulfonamides is 1. The average molecular weight is 383 g/mol. The summed E-state index contributed by atoms with van der Waals surface area (Å²) >= 11 is 0. The number of benzene rings is 1. The zero-order valence-corrected chi connectivity index (χ0v) is 14.1. The third-order valence-corrected chi connectivity index (χ3v) is 4.88. The molecule has 0 aliphatic heterocycles. The van der Waals surface area contributed by atoms with Crippen molar-refractivity contribution in [3.05, 3.63) is 54.5 Å². The Hall–Kier alpha value is -2.88. The highest BCUT2D eigenvalue weighted by molar-refractivity contribution is 7.92. The van der Waals surface area contributed by atoms with Crippen molar-refractivity contribution < 1.29 is 26.3 Å². The van der Waals surface area contributed by atoms with Crippen LogP contribution in [0.4, 0.5) is 18.9 Å². The Bertz CT molecular complexity index is 1050. The van der Waals surface area contributed by atoms with Crippen LogP contribution in [0, 0.1) is 0 Å². The van der Waals surface area contributed by atoms with Gasteiger partial charge in [0, 0.05) is 17.8 Å². The van der Waals surface area contributed by atoms with Crippen molar-refractivity contribution in [2.75, 3.05) is 11.8 Å². The van der Waals surface area contributed by atoms with E-state index >= 15 is 0 Å². The summed E-state index contributed by atoms with van der Waals surface area (Å²) in [7, 11) is -2.68. The molecule has 0 fully saturated rings. The first-order valence-electron chi connectivity index (χ1n) is 7.20. The monoisotopic (exact) mass is 383 g/mol. The van der Waals surface area contributed by atoms with E-state index in [2.05, 4.69) is 14.7 Å². The molecule has 0 bridgehead atoms. The maximum Gasteiger partial charge on any atom is 0.433 e. The summed E-state index contributed by atoms with van der Waals surface area (Å²) in [6, 6.07) is 7.88. The number of pyridine rings is 2. The van der Waals surface area contributed by atoms with Crippen LogP contribution in [0.2, 0.25) is 0 Å². The van der Waals surface area contributed by atoms with Gasteiger partial charge in [0.15, 0.2) is 0 Å². The van der Waals surface area contributed by atoms with E-state index in [-0.39, 0.29) is 5.69 Å². The largest absolute Gasteiger partial charge is 0.496 e. The van der Waals surface area contributed by atoms with Gasteiger partial charge in [0.05, 0.1) is 18.3 Å². The van der Waals surface area contributed by atoms with Crippen molar-refractivity contribution in [2.45, 2.75) is 11.1 Å². The molecular weight excluding hydrogens is 371 g/mol. The first-order valence-corrected chi connectivity index (χ1v) is 8.68. The summed E-state index contributed by atoms with van der Waals surface area (Å²) < 4.78 is 70.2. The van der Waals surface area contributed by atoms with Crippen LogP contribution in [0.5, 0.6) is 5.75 Å². The second-order valence-corrected chi connectivity index (χ2v) is 6.88. The SMILES string of the molecule is COc1ccnc2c(NS(=O)(=O)c3ccc(C(F)(F)F)nc3)cccc12. The molecule has 0 amide bonds. The van der Waals surface area contributed by atoms with Crippen LogP contribution in [-0.2, 0) is 16.2 Å². The van der Waals surface area contributed by atoms with Crippen molar-refractivity contribution in [1.82, 2.24) is 9.97 Å². The predicted molar refractivity (Wildman–Crippen MR) is 88.3 cm³/mol. The summed E-state index contributed by atoms with van der Waals surface area (Å²) in [5, 5.41) is 0.584. The molecule has 26 heavy (non-hydrogen) atoms. The Labute approximate surface area is 146 Å². The van der Waals surface area contributed by atoms with Gasteiger partial charge < -0.3 is 4.74 Å². The van der Waals surface area contributed by atoms with Crippen molar-refractivity contribution in [3.63, 3.8) is 0 Å². The Balaban J connectivity index is 1.99. The average Bonchev–Trinajstić information content (AvgIpc) is 2.60. The minimum absolute atomic E-state index is 0.168. The highest BCUT2D eigenvalue weighted by Gasteiger charge is 2.32. The zero-order chi connectivity index (χ0) is 18.9. The number of hydrogen-bond donors (Lipinski definition) is 1. The van der Waals surface area contributed by atoms with Crippen molar-refractivity contribution >= 4 is 26.6 Å². The van der Waals surface area contributed by atoms with E-state index in [1.54, 1.807) is 18.2 Å². The van der Waals surface area contributed by atoms with Gasteiger partial charge in [-0.3, -0.25) is 14.7 Å². The number of anilines is 1. The number of aromatic nitrogens is 2. The summed E-state index contributed by atoms with van der Waals surface area (Å²) in [4.78, 5) is 6.91. The lowest BCUT2D eigenvalue weighted by Crippen LogP contribution is -2.15. The molecule has 136 valence electrons. The van der Waals surface area contributed by atoms with Crippen molar-refractivity contribution in [3.8, 4) is 5.75 Å². The molecule has 0 radical (unpaired) electrons. The summed E-state index contributed by atoms with van der Waals surface area (Å²) in [5.41, 5.74) is -0.662. The quantitative estimate of drug-likeness (QED) is 0.746. The molecule has 0 atom stereocenters. The lowest BCUT2D eigenvalue weighted by atomic mass is 10.2. The number of methoxy groups -OCH3 is 1. The highest BCUT2D eigenvalue weighted by atomic mass is 32.2. The van der Waals surface area contributed by atoms with Crippen LogP contribution >= 0.6 is 0 Å². The van der Waals surface area contributed by atoms with Crippen LogP contribution in [-0.4, -0.2) is 25.5 Å². The minimum atomic E-state index is -4.65. The number of nitrogens with one attached hydrogen (secondary N) is 1. The highest BCUT2D eigenvalue weighted by Crippen LogP contribution is 2.31. The van der Waals surface area contributed by atoms with Gasteiger partial charge in [0.25, 0.3) is 10.0 Å². The molecule has 0 saturated carbocycles. The first-order chi connectivity index (χ1) is 12.2. The molecule has 0 aliphatic rings. The number of ether oxygens (including phenoxy) is 1. The van der Waals surface area contributed by atoms with Gasteiger partial charge in [-0.1, -0.05) is 6.07 Å². The number of halogens is 3. The number of alkyl halides is 3. The van der Waals surface area contributed by atoms with E-state index in [9.17, 15) is 21.6 Å². The lowest BCUT2D eigenvalue weighted by Gasteiger charge is -2.12. The van der Waals surface area contributed by atoms with Gasteiger partial charge in [-0.25, -0.2) is 8.42 Å². The maximum absolute atomic E-state index is 12.6. The second kappa shape index (κ2) is 6.45. The predicted octanol–water partition coefficient (Wildman–Crippen LogP) is 3.46. The van der Waals surface area contributed by atoms with Gasteiger partial charge in [-0.2, -0.15) is 13.2 Å². The van der Waals surface area contributed by atoms with E-state index in [4.69, 9.17) is 4.74 Å². The molecule has 0 unspecified atom stereocenters. The van der Waals surface area contributed by atoms with Crippen LogP contribution in [0.1, 0.15) is 5.69 Å². The van der Waals surface area contributed by atoms with E-state index in [1.807, 2.05) is 0 Å². The van der Waals surface area contributed by atoms with E-state index in [0.717, 1.165) is 6.07 Å². The van der Waals surface area contributed by atoms with Gasteiger partial charge in [0.1, 0.15) is 16.3 Å². The Morgan fingerprint density at radius 2 is 1.85 bits per heavy atom. The number of para-hydroxylation sites is 1. The van der Waals surface area contributed by atoms with Gasteiger partial charge >= 0.3 is 6.18 Å². The third-order valence-electron chi connectivity index (χ3n) is 3.53. The molecule has 2 heterocycles. The molecule has 3 rings (SSSR count). The summed E-state index contributed by atoms with van der Waals surface area (Å²) in [5.74, 6) is 0.507. The Morgan fingerprint density at radius 1 is 1.08 bits per heavy atom. The summed E-state index contributed by atoms with van der Waals surface area (Å²) in [6.45, 7) is 0. The fraction of sp³-hybridized carbons (Fsp3) is 0.125. The summed E-state index contributed by atoms with van der Waals surface area (Å²) in [6.07, 6.45) is -2.53. The van der Waals surface area contributed by atoms with E-state index in [1.165, 1.54) is 19.4 Å². The van der Waals surface area contributed by atoms with Gasteiger partial charge in [-0.05, 0) is 30.3 Å². The van der Waals surface area contributed by atoms with Crippen LogP contribution in [0.3, 0.4) is 0 Å². The molecule has 0 saturated heterocycles. The Morgan fingerprint density at radius 3 is 2.46 bits per heavy atom. The number of hydrogen-bond acceptors (Lipinski definition) is 5. The molecule has 1 N–H and O–H groups in total. The van der Waals surface area contributed by atoms with E-state index in [0.29, 0.717) is 28.9 Å². The number of nitrogens with zero attached hydrogens (tertiary/aromatic N) is 2. The Kier molecular flexibility index (Phi) is 4.45. The molecule has 0 aliphatic carbocycles. The van der Waals surface area contributed by atoms with Crippen molar-refractivity contribution in [2.24, 2.45) is 0 Å². The second-order valence-electron chi connectivity index (χ2n) is 5.20. The standard InChI is InChI=1S/C16H12F3N3O3S/c1-25-13-7-8-20-15-11(13)3-2-4-12(15)22-26(23,24)10-5-6-14(21-9-10)16(17,18)19/h2-9,22H,1H3. The van der Waals surface area contributed by atoms with Crippen LogP contribution in [0.15, 0.2) is 53.7 Å². The lowest BCUT2D eigenvalue weighted by molar-refractivity contribution is -0.141.